The van der Waals surface area contributed by atoms with Crippen molar-refractivity contribution in [2.75, 3.05) is 0 Å². The lowest BCUT2D eigenvalue weighted by Gasteiger charge is -2.04. The molecule has 88 valence electrons. The molecule has 2 aromatic rings. The van der Waals surface area contributed by atoms with Crippen LogP contribution in [0.3, 0.4) is 0 Å². The van der Waals surface area contributed by atoms with Crippen molar-refractivity contribution in [2.24, 2.45) is 0 Å². The van der Waals surface area contributed by atoms with E-state index in [1.165, 1.54) is 17.4 Å². The molecule has 5 heteroatoms. The predicted molar refractivity (Wildman–Crippen MR) is 64.4 cm³/mol. The van der Waals surface area contributed by atoms with Crippen LogP contribution in [0.2, 0.25) is 0 Å². The molecule has 1 amide bonds. The molecule has 0 saturated heterocycles. The smallest absolute Gasteiger partial charge is 0.271 e. The van der Waals surface area contributed by atoms with Crippen LogP contribution in [0.1, 0.15) is 21.1 Å². The number of nitrogens with one attached hydrogen (secondary N) is 1. The normalized spacial score (nSPS) is 10.2. The highest BCUT2D eigenvalue weighted by Gasteiger charge is 2.09. The molecule has 1 N–H and O–H groups in total. The zero-order valence-corrected chi connectivity index (χ0v) is 10.1. The average molecular weight is 250 g/mol. The molecular formula is C12H11FN2OS. The molecule has 1 heterocycles. The van der Waals surface area contributed by atoms with Gasteiger partial charge in [-0.15, -0.1) is 11.3 Å². The van der Waals surface area contributed by atoms with E-state index < -0.39 is 0 Å². The van der Waals surface area contributed by atoms with Gasteiger partial charge in [-0.3, -0.25) is 4.79 Å². The van der Waals surface area contributed by atoms with Crippen LogP contribution in [0.15, 0.2) is 29.6 Å². The molecule has 1 aromatic carbocycles. The number of carbonyl (C=O) groups excluding carboxylic acids is 1. The van der Waals surface area contributed by atoms with Crippen molar-refractivity contribution in [3.05, 3.63) is 51.7 Å². The summed E-state index contributed by atoms with van der Waals surface area (Å²) in [6, 6.07) is 6.36. The Hall–Kier alpha value is -1.75. The highest BCUT2D eigenvalue weighted by molar-refractivity contribution is 7.09. The minimum absolute atomic E-state index is 0.169. The van der Waals surface area contributed by atoms with Crippen molar-refractivity contribution < 1.29 is 9.18 Å². The largest absolute Gasteiger partial charge is 0.346 e. The van der Waals surface area contributed by atoms with Crippen LogP contribution in [0, 0.1) is 12.7 Å². The molecule has 2 rings (SSSR count). The maximum absolute atomic E-state index is 13.3. The molecule has 0 fully saturated rings. The Labute approximate surface area is 102 Å². The fourth-order valence-electron chi connectivity index (χ4n) is 1.38. The Balaban J connectivity index is 1.99. The van der Waals surface area contributed by atoms with Crippen LogP contribution in [-0.4, -0.2) is 10.9 Å². The van der Waals surface area contributed by atoms with Gasteiger partial charge in [-0.25, -0.2) is 9.37 Å². The molecule has 0 aliphatic rings. The minimum Gasteiger partial charge on any atom is -0.346 e. The Morgan fingerprint density at radius 3 is 2.88 bits per heavy atom. The molecule has 0 radical (unpaired) electrons. The summed E-state index contributed by atoms with van der Waals surface area (Å²) in [5, 5.41) is 5.16. The number of rotatable bonds is 3. The number of halogens is 1. The maximum atomic E-state index is 13.3. The third-order valence-electron chi connectivity index (χ3n) is 2.25. The van der Waals surface area contributed by atoms with Gasteiger partial charge in [0.25, 0.3) is 5.91 Å². The SMILES string of the molecule is Cc1nc(C(=O)NCc2ccccc2F)cs1. The summed E-state index contributed by atoms with van der Waals surface area (Å²) < 4.78 is 13.3. The second-order valence-corrected chi connectivity index (χ2v) is 4.59. The first kappa shape index (κ1) is 11.7. The second kappa shape index (κ2) is 5.05. The molecular weight excluding hydrogens is 239 g/mol. The fraction of sp³-hybridized carbons (Fsp3) is 0.167. The Bertz CT molecular complexity index is 539. The lowest BCUT2D eigenvalue weighted by molar-refractivity contribution is 0.0946. The number of aromatic nitrogens is 1. The summed E-state index contributed by atoms with van der Waals surface area (Å²) in [6.07, 6.45) is 0. The standard InChI is InChI=1S/C12H11FN2OS/c1-8-15-11(7-17-8)12(16)14-6-9-4-2-3-5-10(9)13/h2-5,7H,6H2,1H3,(H,14,16). The quantitative estimate of drug-likeness (QED) is 0.909. The van der Waals surface area contributed by atoms with Gasteiger partial charge in [0.05, 0.1) is 5.01 Å². The first-order chi connectivity index (χ1) is 8.16. The lowest BCUT2D eigenvalue weighted by Crippen LogP contribution is -2.23. The second-order valence-electron chi connectivity index (χ2n) is 3.53. The van der Waals surface area contributed by atoms with Gasteiger partial charge in [-0.1, -0.05) is 18.2 Å². The zero-order valence-electron chi connectivity index (χ0n) is 9.24. The lowest BCUT2D eigenvalue weighted by atomic mass is 10.2. The molecule has 3 nitrogen and oxygen atoms in total. The Kier molecular flexibility index (Phi) is 3.49. The molecule has 0 spiro atoms. The van der Waals surface area contributed by atoms with Crippen LogP contribution in [0.25, 0.3) is 0 Å². The van der Waals surface area contributed by atoms with E-state index in [0.29, 0.717) is 11.3 Å². The number of hydrogen-bond donors (Lipinski definition) is 1. The van der Waals surface area contributed by atoms with Gasteiger partial charge < -0.3 is 5.32 Å². The minimum atomic E-state index is -0.317. The van der Waals surface area contributed by atoms with E-state index in [2.05, 4.69) is 10.3 Å². The van der Waals surface area contributed by atoms with Gasteiger partial charge in [-0.05, 0) is 13.0 Å². The molecule has 17 heavy (non-hydrogen) atoms. The summed E-state index contributed by atoms with van der Waals surface area (Å²) in [5.41, 5.74) is 0.844. The first-order valence-corrected chi connectivity index (χ1v) is 5.98. The summed E-state index contributed by atoms with van der Waals surface area (Å²) in [5.74, 6) is -0.597. The van der Waals surface area contributed by atoms with Gasteiger partial charge in [0.15, 0.2) is 0 Å². The monoisotopic (exact) mass is 250 g/mol. The number of hydrogen-bond acceptors (Lipinski definition) is 3. The van der Waals surface area contributed by atoms with E-state index in [1.807, 2.05) is 6.92 Å². The third kappa shape index (κ3) is 2.88. The first-order valence-electron chi connectivity index (χ1n) is 5.10. The van der Waals surface area contributed by atoms with Crippen molar-refractivity contribution in [3.63, 3.8) is 0 Å². The number of nitrogens with zero attached hydrogens (tertiary/aromatic N) is 1. The van der Waals surface area contributed by atoms with Crippen LogP contribution in [0.5, 0.6) is 0 Å². The third-order valence-corrected chi connectivity index (χ3v) is 3.02. The van der Waals surface area contributed by atoms with E-state index in [0.717, 1.165) is 5.01 Å². The molecule has 0 bridgehead atoms. The summed E-state index contributed by atoms with van der Waals surface area (Å²) in [6.45, 7) is 2.00. The molecule has 0 unspecified atom stereocenters. The zero-order chi connectivity index (χ0) is 12.3. The summed E-state index contributed by atoms with van der Waals surface area (Å²) in [4.78, 5) is 15.7. The van der Waals surface area contributed by atoms with Gasteiger partial charge in [0.1, 0.15) is 11.5 Å². The van der Waals surface area contributed by atoms with Crippen molar-refractivity contribution in [3.8, 4) is 0 Å². The number of aryl methyl sites for hydroxylation is 1. The van der Waals surface area contributed by atoms with Crippen LogP contribution >= 0.6 is 11.3 Å². The maximum Gasteiger partial charge on any atom is 0.271 e. The van der Waals surface area contributed by atoms with Crippen LogP contribution < -0.4 is 5.32 Å². The highest BCUT2D eigenvalue weighted by atomic mass is 32.1. The number of benzene rings is 1. The highest BCUT2D eigenvalue weighted by Crippen LogP contribution is 2.09. The molecule has 0 aliphatic heterocycles. The number of thiazole rings is 1. The summed E-state index contributed by atoms with van der Waals surface area (Å²) in [7, 11) is 0. The van der Waals surface area contributed by atoms with Crippen LogP contribution in [0.4, 0.5) is 4.39 Å². The van der Waals surface area contributed by atoms with E-state index in [1.54, 1.807) is 23.6 Å². The fourth-order valence-corrected chi connectivity index (χ4v) is 1.97. The van der Waals surface area contributed by atoms with Gasteiger partial charge >= 0.3 is 0 Å². The molecule has 0 saturated carbocycles. The number of carbonyl (C=O) groups is 1. The topological polar surface area (TPSA) is 42.0 Å². The molecule has 1 aromatic heterocycles. The number of amides is 1. The Morgan fingerprint density at radius 1 is 1.47 bits per heavy atom. The van der Waals surface area contributed by atoms with Crippen molar-refractivity contribution in [1.29, 1.82) is 0 Å². The summed E-state index contributed by atoms with van der Waals surface area (Å²) >= 11 is 1.41. The average Bonchev–Trinajstić information content (AvgIpc) is 2.74. The van der Waals surface area contributed by atoms with Crippen molar-refractivity contribution >= 4 is 17.2 Å². The molecule has 0 aliphatic carbocycles. The van der Waals surface area contributed by atoms with Crippen LogP contribution in [-0.2, 0) is 6.54 Å². The van der Waals surface area contributed by atoms with Crippen molar-refractivity contribution in [1.82, 2.24) is 10.3 Å². The van der Waals surface area contributed by atoms with Gasteiger partial charge in [0, 0.05) is 17.5 Å². The van der Waals surface area contributed by atoms with Gasteiger partial charge in [-0.2, -0.15) is 0 Å². The van der Waals surface area contributed by atoms with E-state index in [9.17, 15) is 9.18 Å². The van der Waals surface area contributed by atoms with Crippen molar-refractivity contribution in [2.45, 2.75) is 13.5 Å². The van der Waals surface area contributed by atoms with Gasteiger partial charge in [0.2, 0.25) is 0 Å². The molecule has 0 atom stereocenters. The Morgan fingerprint density at radius 2 is 2.24 bits per heavy atom. The van der Waals surface area contributed by atoms with E-state index in [-0.39, 0.29) is 18.3 Å². The predicted octanol–water partition coefficient (Wildman–Crippen LogP) is 2.52. The van der Waals surface area contributed by atoms with E-state index in [4.69, 9.17) is 0 Å². The van der Waals surface area contributed by atoms with E-state index >= 15 is 0 Å².